The van der Waals surface area contributed by atoms with E-state index in [0.717, 1.165) is 59.7 Å². The summed E-state index contributed by atoms with van der Waals surface area (Å²) < 4.78 is 2.32. The Labute approximate surface area is 252 Å². The summed E-state index contributed by atoms with van der Waals surface area (Å²) >= 11 is 9.92. The average molecular weight is 621 g/mol. The van der Waals surface area contributed by atoms with Crippen molar-refractivity contribution in [3.05, 3.63) is 89.1 Å². The van der Waals surface area contributed by atoms with Gasteiger partial charge in [0.1, 0.15) is 21.0 Å². The molecule has 10 heteroatoms. The van der Waals surface area contributed by atoms with Gasteiger partial charge in [-0.1, -0.05) is 6.07 Å². The third-order valence-corrected chi connectivity index (χ3v) is 13.3. The van der Waals surface area contributed by atoms with Gasteiger partial charge in [-0.15, -0.1) is 56.7 Å². The molecule has 0 N–H and O–H groups in total. The van der Waals surface area contributed by atoms with Gasteiger partial charge in [-0.05, 0) is 77.5 Å². The van der Waals surface area contributed by atoms with Crippen LogP contribution < -0.4 is 0 Å². The van der Waals surface area contributed by atoms with Crippen LogP contribution in [-0.2, 0) is 0 Å². The van der Waals surface area contributed by atoms with Gasteiger partial charge in [0.05, 0.1) is 36.8 Å². The smallest absolute Gasteiger partial charge is 0.235 e. The van der Waals surface area contributed by atoms with Crippen LogP contribution in [0.3, 0.4) is 0 Å². The molecule has 0 fully saturated rings. The molecule has 0 saturated carbocycles. The number of fused-ring (bicyclic) bond motifs is 3. The molecular formula is C30H12N4S6. The third kappa shape index (κ3) is 4.09. The van der Waals surface area contributed by atoms with Crippen LogP contribution in [0, 0.1) is 17.9 Å². The number of nitriles is 1. The maximum absolute atomic E-state index is 9.15. The molecule has 40 heavy (non-hydrogen) atoms. The van der Waals surface area contributed by atoms with Gasteiger partial charge in [0.25, 0.3) is 0 Å². The standard InChI is InChI=1S/C30H12N4S6/c1-32-28-9-8-23(38-28)22-5-7-25(37-22)30-34-19-11-16-12-26-18(10-15(16)13-27(19)40-30)33-29(39-26)24-6-4-21(36-24)20-3-2-17(14-31)35-20/h2-13H. The minimum atomic E-state index is 0.715. The van der Waals surface area contributed by atoms with Gasteiger partial charge in [0.15, 0.2) is 0 Å². The Hall–Kier alpha value is -3.74. The zero-order valence-electron chi connectivity index (χ0n) is 20.2. The van der Waals surface area contributed by atoms with Crippen LogP contribution in [0.5, 0.6) is 0 Å². The monoisotopic (exact) mass is 620 g/mol. The lowest BCUT2D eigenvalue weighted by Gasteiger charge is -1.97. The van der Waals surface area contributed by atoms with E-state index >= 15 is 0 Å². The molecule has 0 amide bonds. The molecule has 4 nitrogen and oxygen atoms in total. The number of thiazole rings is 2. The first-order valence-corrected chi connectivity index (χ1v) is 16.9. The normalized spacial score (nSPS) is 11.4. The second-order valence-corrected chi connectivity index (χ2v) is 15.3. The van der Waals surface area contributed by atoms with Crippen LogP contribution in [0.15, 0.2) is 72.8 Å². The van der Waals surface area contributed by atoms with Crippen molar-refractivity contribution in [2.24, 2.45) is 0 Å². The number of nitrogens with zero attached hydrogens (tertiary/aromatic N) is 4. The van der Waals surface area contributed by atoms with Crippen molar-refractivity contribution < 1.29 is 0 Å². The Morgan fingerprint density at radius 3 is 1.60 bits per heavy atom. The number of hydrogen-bond donors (Lipinski definition) is 0. The lowest BCUT2D eigenvalue weighted by molar-refractivity contribution is 1.50. The van der Waals surface area contributed by atoms with Crippen molar-refractivity contribution in [1.82, 2.24) is 9.97 Å². The molecule has 0 atom stereocenters. The van der Waals surface area contributed by atoms with Gasteiger partial charge in [0.2, 0.25) is 5.00 Å². The van der Waals surface area contributed by atoms with Crippen LogP contribution in [0.1, 0.15) is 4.88 Å². The molecule has 8 aromatic rings. The lowest BCUT2D eigenvalue weighted by Crippen LogP contribution is -1.76. The molecule has 0 unspecified atom stereocenters. The second kappa shape index (κ2) is 9.43. The SMILES string of the molecule is [C-]#[N+]c1ccc(-c2ccc(-c3nc4cc5cc6sc(-c7ccc(-c8ccc(C#N)s8)s7)nc6cc5cc4s3)s2)s1. The van der Waals surface area contributed by atoms with E-state index in [-0.39, 0.29) is 0 Å². The van der Waals surface area contributed by atoms with E-state index in [2.05, 4.69) is 59.4 Å². The van der Waals surface area contributed by atoms with Gasteiger partial charge in [-0.3, -0.25) is 0 Å². The van der Waals surface area contributed by atoms with Crippen LogP contribution in [-0.4, -0.2) is 9.97 Å². The number of benzene rings is 2. The molecule has 0 aliphatic heterocycles. The minimum absolute atomic E-state index is 0.715. The molecule has 0 radical (unpaired) electrons. The molecule has 0 aliphatic rings. The molecule has 0 bridgehead atoms. The van der Waals surface area contributed by atoms with E-state index in [0.29, 0.717) is 5.00 Å². The Balaban J connectivity index is 1.13. The summed E-state index contributed by atoms with van der Waals surface area (Å²) in [4.78, 5) is 21.1. The average Bonchev–Trinajstić information content (AvgIpc) is 3.81. The zero-order valence-corrected chi connectivity index (χ0v) is 25.1. The fourth-order valence-electron chi connectivity index (χ4n) is 4.53. The summed E-state index contributed by atoms with van der Waals surface area (Å²) in [6.45, 7) is 7.23. The summed E-state index contributed by atoms with van der Waals surface area (Å²) in [5.74, 6) is 0. The summed E-state index contributed by atoms with van der Waals surface area (Å²) in [6.07, 6.45) is 0. The maximum atomic E-state index is 9.15. The van der Waals surface area contributed by atoms with Gasteiger partial charge in [0, 0.05) is 19.5 Å². The van der Waals surface area contributed by atoms with Crippen molar-refractivity contribution in [3.63, 3.8) is 0 Å². The highest BCUT2D eigenvalue weighted by atomic mass is 32.1. The van der Waals surface area contributed by atoms with Gasteiger partial charge in [-0.25, -0.2) is 14.8 Å². The van der Waals surface area contributed by atoms with Crippen molar-refractivity contribution in [3.8, 4) is 45.3 Å². The third-order valence-electron chi connectivity index (χ3n) is 6.39. The van der Waals surface area contributed by atoms with E-state index in [1.807, 2.05) is 24.3 Å². The number of aromatic nitrogens is 2. The minimum Gasteiger partial charge on any atom is -0.235 e. The Kier molecular flexibility index (Phi) is 5.68. The van der Waals surface area contributed by atoms with Crippen LogP contribution >= 0.6 is 68.0 Å². The Morgan fingerprint density at radius 1 is 0.575 bits per heavy atom. The predicted molar refractivity (Wildman–Crippen MR) is 175 cm³/mol. The molecule has 6 aromatic heterocycles. The molecule has 0 saturated heterocycles. The van der Waals surface area contributed by atoms with E-state index in [1.165, 1.54) is 38.3 Å². The van der Waals surface area contributed by atoms with Crippen molar-refractivity contribution in [2.45, 2.75) is 0 Å². The number of hydrogen-bond acceptors (Lipinski definition) is 9. The van der Waals surface area contributed by atoms with Crippen LogP contribution in [0.4, 0.5) is 5.00 Å². The fraction of sp³-hybridized carbons (Fsp3) is 0. The summed E-state index contributed by atoms with van der Waals surface area (Å²) in [7, 11) is 0. The predicted octanol–water partition coefficient (Wildman–Crippen LogP) is 11.4. The molecule has 0 aliphatic carbocycles. The van der Waals surface area contributed by atoms with E-state index in [1.54, 1.807) is 45.3 Å². The van der Waals surface area contributed by atoms with Crippen molar-refractivity contribution in [1.29, 1.82) is 5.26 Å². The maximum Gasteiger partial charge on any atom is 0.241 e. The Morgan fingerprint density at radius 2 is 1.07 bits per heavy atom. The van der Waals surface area contributed by atoms with Crippen molar-refractivity contribution >= 4 is 104 Å². The molecular weight excluding hydrogens is 609 g/mol. The number of thiophene rings is 4. The summed E-state index contributed by atoms with van der Waals surface area (Å²) in [5, 5.41) is 14.2. The highest BCUT2D eigenvalue weighted by molar-refractivity contribution is 7.29. The highest BCUT2D eigenvalue weighted by Crippen LogP contribution is 2.44. The first-order valence-electron chi connectivity index (χ1n) is 12.0. The molecule has 188 valence electrons. The summed E-state index contributed by atoms with van der Waals surface area (Å²) in [6, 6.07) is 27.4. The first-order chi connectivity index (χ1) is 19.6. The van der Waals surface area contributed by atoms with E-state index < -0.39 is 0 Å². The van der Waals surface area contributed by atoms with E-state index in [9.17, 15) is 0 Å². The Bertz CT molecular complexity index is 2090. The first kappa shape index (κ1) is 24.1. The fourth-order valence-corrected chi connectivity index (χ4v) is 10.4. The van der Waals surface area contributed by atoms with Crippen molar-refractivity contribution in [2.75, 3.05) is 0 Å². The highest BCUT2D eigenvalue weighted by Gasteiger charge is 2.15. The van der Waals surface area contributed by atoms with Gasteiger partial charge >= 0.3 is 0 Å². The van der Waals surface area contributed by atoms with Gasteiger partial charge in [-0.2, -0.15) is 16.6 Å². The quantitative estimate of drug-likeness (QED) is 0.184. The largest absolute Gasteiger partial charge is 0.241 e. The molecule has 8 rings (SSSR count). The van der Waals surface area contributed by atoms with E-state index in [4.69, 9.17) is 21.8 Å². The second-order valence-electron chi connectivity index (χ2n) is 8.88. The van der Waals surface area contributed by atoms with Crippen LogP contribution in [0.2, 0.25) is 0 Å². The van der Waals surface area contributed by atoms with Gasteiger partial charge < -0.3 is 0 Å². The lowest BCUT2D eigenvalue weighted by atomic mass is 10.1. The molecule has 6 heterocycles. The molecule has 2 aromatic carbocycles. The zero-order chi connectivity index (χ0) is 26.8. The number of rotatable bonds is 4. The summed E-state index contributed by atoms with van der Waals surface area (Å²) in [5.41, 5.74) is 2.01. The van der Waals surface area contributed by atoms with Crippen LogP contribution in [0.25, 0.3) is 75.3 Å². The molecule has 0 spiro atoms. The topological polar surface area (TPSA) is 53.9 Å².